The predicted octanol–water partition coefficient (Wildman–Crippen LogP) is 1.88. The summed E-state index contributed by atoms with van der Waals surface area (Å²) in [7, 11) is 1.94. The fraction of sp³-hybridized carbons (Fsp3) is 0.429. The molecule has 5 nitrogen and oxygen atoms in total. The highest BCUT2D eigenvalue weighted by atomic mass is 16.6. The Kier molecular flexibility index (Phi) is 4.04. The van der Waals surface area contributed by atoms with Crippen LogP contribution in [0.4, 0.5) is 10.5 Å². The van der Waals surface area contributed by atoms with E-state index in [1.807, 2.05) is 49.2 Å². The van der Waals surface area contributed by atoms with Crippen molar-refractivity contribution in [3.05, 3.63) is 30.3 Å². The van der Waals surface area contributed by atoms with Crippen LogP contribution in [0.25, 0.3) is 0 Å². The number of ether oxygens (including phenoxy) is 1. The number of carbonyl (C=O) groups excluding carboxylic acids is 2. The van der Waals surface area contributed by atoms with E-state index in [0.717, 1.165) is 5.69 Å². The van der Waals surface area contributed by atoms with E-state index in [0.29, 0.717) is 19.6 Å². The molecule has 102 valence electrons. The summed E-state index contributed by atoms with van der Waals surface area (Å²) in [5.74, 6) is -0.183. The van der Waals surface area contributed by atoms with E-state index in [4.69, 9.17) is 4.74 Å². The lowest BCUT2D eigenvalue weighted by Crippen LogP contribution is -2.38. The Morgan fingerprint density at radius 1 is 1.42 bits per heavy atom. The van der Waals surface area contributed by atoms with E-state index >= 15 is 0 Å². The van der Waals surface area contributed by atoms with Crippen LogP contribution in [0.5, 0.6) is 0 Å². The summed E-state index contributed by atoms with van der Waals surface area (Å²) in [5, 5.41) is 0. The van der Waals surface area contributed by atoms with E-state index in [1.165, 1.54) is 4.90 Å². The normalized spacial score (nSPS) is 16.1. The number of hydrogen-bond donors (Lipinski definition) is 0. The Labute approximate surface area is 112 Å². The Balaban J connectivity index is 1.95. The molecule has 1 aliphatic rings. The second-order valence-electron chi connectivity index (χ2n) is 4.66. The van der Waals surface area contributed by atoms with Gasteiger partial charge in [0.15, 0.2) is 0 Å². The van der Waals surface area contributed by atoms with Crippen LogP contribution in [-0.2, 0) is 9.53 Å². The van der Waals surface area contributed by atoms with Crippen LogP contribution in [-0.4, -0.2) is 43.1 Å². The number of nitrogens with zero attached hydrogens (tertiary/aromatic N) is 2. The lowest BCUT2D eigenvalue weighted by molar-refractivity contribution is -0.128. The third-order valence-electron chi connectivity index (χ3n) is 3.36. The zero-order valence-corrected chi connectivity index (χ0v) is 11.2. The summed E-state index contributed by atoms with van der Waals surface area (Å²) in [4.78, 5) is 26.5. The van der Waals surface area contributed by atoms with Gasteiger partial charge in [0, 0.05) is 25.2 Å². The molecule has 1 aliphatic heterocycles. The van der Waals surface area contributed by atoms with Gasteiger partial charge in [-0.05, 0) is 19.1 Å². The zero-order chi connectivity index (χ0) is 13.8. The molecule has 0 aromatic heterocycles. The minimum absolute atomic E-state index is 0.0169. The van der Waals surface area contributed by atoms with E-state index in [2.05, 4.69) is 0 Å². The standard InChI is InChI=1S/C14H18N2O3/c1-11(15(2)12-6-4-3-5-7-12)10-13(17)16-8-9-19-14(16)18/h3-7,11H,8-10H2,1-2H3. The van der Waals surface area contributed by atoms with Crippen LogP contribution >= 0.6 is 0 Å². The first kappa shape index (κ1) is 13.4. The fourth-order valence-electron chi connectivity index (χ4n) is 2.04. The molecule has 1 atom stereocenters. The van der Waals surface area contributed by atoms with Gasteiger partial charge >= 0.3 is 6.09 Å². The molecular formula is C14H18N2O3. The maximum atomic E-state index is 12.0. The van der Waals surface area contributed by atoms with Gasteiger partial charge in [-0.3, -0.25) is 4.79 Å². The van der Waals surface area contributed by atoms with Crippen LogP contribution in [0.3, 0.4) is 0 Å². The third kappa shape index (κ3) is 3.05. The Hall–Kier alpha value is -2.04. The molecule has 0 aliphatic carbocycles. The number of para-hydroxylation sites is 1. The maximum absolute atomic E-state index is 12.0. The van der Waals surface area contributed by atoms with E-state index < -0.39 is 6.09 Å². The largest absolute Gasteiger partial charge is 0.447 e. The summed E-state index contributed by atoms with van der Waals surface area (Å²) in [5.41, 5.74) is 1.05. The number of rotatable bonds is 4. The predicted molar refractivity (Wildman–Crippen MR) is 72.0 cm³/mol. The molecule has 0 radical (unpaired) electrons. The van der Waals surface area contributed by atoms with Crippen LogP contribution in [0.2, 0.25) is 0 Å². The second kappa shape index (κ2) is 5.73. The Bertz CT molecular complexity index is 461. The van der Waals surface area contributed by atoms with Crippen LogP contribution in [0, 0.1) is 0 Å². The maximum Gasteiger partial charge on any atom is 0.416 e. The Morgan fingerprint density at radius 3 is 2.68 bits per heavy atom. The number of imide groups is 1. The first-order valence-electron chi connectivity index (χ1n) is 6.34. The minimum atomic E-state index is -0.528. The Morgan fingerprint density at radius 2 is 2.11 bits per heavy atom. The smallest absolute Gasteiger partial charge is 0.416 e. The lowest BCUT2D eigenvalue weighted by atomic mass is 10.1. The van der Waals surface area contributed by atoms with Crippen LogP contribution < -0.4 is 4.90 Å². The van der Waals surface area contributed by atoms with Gasteiger partial charge in [-0.2, -0.15) is 0 Å². The van der Waals surface area contributed by atoms with Crippen LogP contribution in [0.1, 0.15) is 13.3 Å². The van der Waals surface area contributed by atoms with Crippen molar-refractivity contribution in [1.82, 2.24) is 4.90 Å². The molecule has 0 spiro atoms. The van der Waals surface area contributed by atoms with Crippen molar-refractivity contribution in [2.75, 3.05) is 25.1 Å². The van der Waals surface area contributed by atoms with Gasteiger partial charge in [-0.25, -0.2) is 9.69 Å². The molecule has 19 heavy (non-hydrogen) atoms. The SMILES string of the molecule is CC(CC(=O)N1CCOC1=O)N(C)c1ccccc1. The molecule has 1 aromatic carbocycles. The average molecular weight is 262 g/mol. The van der Waals surface area contributed by atoms with E-state index in [9.17, 15) is 9.59 Å². The van der Waals surface area contributed by atoms with Gasteiger partial charge in [0.25, 0.3) is 0 Å². The molecule has 0 bridgehead atoms. The summed E-state index contributed by atoms with van der Waals surface area (Å²) in [6.07, 6.45) is -0.236. The molecule has 1 unspecified atom stereocenters. The lowest BCUT2D eigenvalue weighted by Gasteiger charge is -2.27. The van der Waals surface area contributed by atoms with Gasteiger partial charge in [0.1, 0.15) is 6.61 Å². The number of benzene rings is 1. The monoisotopic (exact) mass is 262 g/mol. The molecule has 2 rings (SSSR count). The van der Waals surface area contributed by atoms with Gasteiger partial charge in [-0.1, -0.05) is 18.2 Å². The van der Waals surface area contributed by atoms with Gasteiger partial charge in [0.2, 0.25) is 5.91 Å². The van der Waals surface area contributed by atoms with Crippen molar-refractivity contribution in [3.8, 4) is 0 Å². The highest BCUT2D eigenvalue weighted by molar-refractivity contribution is 5.93. The molecule has 1 aromatic rings. The zero-order valence-electron chi connectivity index (χ0n) is 11.2. The molecule has 5 heteroatoms. The number of hydrogen-bond acceptors (Lipinski definition) is 4. The number of cyclic esters (lactones) is 1. The summed E-state index contributed by atoms with van der Waals surface area (Å²) >= 11 is 0. The van der Waals surface area contributed by atoms with Crippen molar-refractivity contribution in [2.24, 2.45) is 0 Å². The fourth-order valence-corrected chi connectivity index (χ4v) is 2.04. The summed E-state index contributed by atoms with van der Waals surface area (Å²) < 4.78 is 4.77. The number of carbonyl (C=O) groups is 2. The average Bonchev–Trinajstić information content (AvgIpc) is 2.85. The first-order chi connectivity index (χ1) is 9.09. The summed E-state index contributed by atoms with van der Waals surface area (Å²) in [6.45, 7) is 2.62. The topological polar surface area (TPSA) is 49.9 Å². The quantitative estimate of drug-likeness (QED) is 0.831. The molecule has 0 N–H and O–H groups in total. The highest BCUT2D eigenvalue weighted by Gasteiger charge is 2.29. The minimum Gasteiger partial charge on any atom is -0.447 e. The van der Waals surface area contributed by atoms with Gasteiger partial charge in [0.05, 0.1) is 6.54 Å². The first-order valence-corrected chi connectivity index (χ1v) is 6.34. The van der Waals surface area contributed by atoms with E-state index in [1.54, 1.807) is 0 Å². The van der Waals surface area contributed by atoms with Crippen molar-refractivity contribution in [2.45, 2.75) is 19.4 Å². The number of amides is 2. The molecule has 1 fully saturated rings. The van der Waals surface area contributed by atoms with E-state index in [-0.39, 0.29) is 11.9 Å². The molecule has 0 saturated carbocycles. The van der Waals surface area contributed by atoms with Crippen molar-refractivity contribution >= 4 is 17.7 Å². The summed E-state index contributed by atoms with van der Waals surface area (Å²) in [6, 6.07) is 9.86. The van der Waals surface area contributed by atoms with Crippen molar-refractivity contribution < 1.29 is 14.3 Å². The highest BCUT2D eigenvalue weighted by Crippen LogP contribution is 2.17. The van der Waals surface area contributed by atoms with Gasteiger partial charge < -0.3 is 9.64 Å². The molecule has 1 saturated heterocycles. The molecule has 2 amide bonds. The van der Waals surface area contributed by atoms with Crippen molar-refractivity contribution in [1.29, 1.82) is 0 Å². The van der Waals surface area contributed by atoms with Crippen LogP contribution in [0.15, 0.2) is 30.3 Å². The third-order valence-corrected chi connectivity index (χ3v) is 3.36. The van der Waals surface area contributed by atoms with Crippen molar-refractivity contribution in [3.63, 3.8) is 0 Å². The van der Waals surface area contributed by atoms with Gasteiger partial charge in [-0.15, -0.1) is 0 Å². The molecular weight excluding hydrogens is 244 g/mol. The number of anilines is 1. The second-order valence-corrected chi connectivity index (χ2v) is 4.66. The molecule has 1 heterocycles.